The van der Waals surface area contributed by atoms with Crippen molar-refractivity contribution in [2.45, 2.75) is 33.0 Å². The summed E-state index contributed by atoms with van der Waals surface area (Å²) in [5.74, 6) is 0.0346. The molecule has 0 aliphatic carbocycles. The molecule has 2 atom stereocenters. The second kappa shape index (κ2) is 6.49. The van der Waals surface area contributed by atoms with E-state index in [2.05, 4.69) is 15.4 Å². The van der Waals surface area contributed by atoms with Gasteiger partial charge >= 0.3 is 0 Å². The number of fused-ring (bicyclic) bond motifs is 1. The fraction of sp³-hybridized carbons (Fsp3) is 0.389. The molecule has 0 radical (unpaired) electrons. The van der Waals surface area contributed by atoms with Crippen molar-refractivity contribution in [3.63, 3.8) is 0 Å². The lowest BCUT2D eigenvalue weighted by atomic mass is 10.1. The van der Waals surface area contributed by atoms with Crippen molar-refractivity contribution in [2.75, 3.05) is 18.4 Å². The van der Waals surface area contributed by atoms with Gasteiger partial charge in [-0.15, -0.1) is 5.10 Å². The van der Waals surface area contributed by atoms with Gasteiger partial charge in [0.2, 0.25) is 5.91 Å². The minimum Gasteiger partial charge on any atom is -0.506 e. The number of thiazole rings is 1. The number of aryl methyl sites for hydroxylation is 2. The summed E-state index contributed by atoms with van der Waals surface area (Å²) < 4.78 is 16.6. The Labute approximate surface area is 159 Å². The second-order valence-electron chi connectivity index (χ2n) is 6.92. The van der Waals surface area contributed by atoms with Crippen molar-refractivity contribution < 1.29 is 14.3 Å². The lowest BCUT2D eigenvalue weighted by Gasteiger charge is -2.14. The zero-order chi connectivity index (χ0) is 19.3. The van der Waals surface area contributed by atoms with Crippen LogP contribution in [0.2, 0.25) is 0 Å². The zero-order valence-electron chi connectivity index (χ0n) is 15.2. The van der Waals surface area contributed by atoms with E-state index < -0.39 is 12.2 Å². The van der Waals surface area contributed by atoms with Crippen molar-refractivity contribution in [3.8, 4) is 11.4 Å². The van der Waals surface area contributed by atoms with Crippen LogP contribution < -0.4 is 5.32 Å². The molecular weight excluding hydrogens is 369 g/mol. The van der Waals surface area contributed by atoms with Crippen molar-refractivity contribution in [1.29, 1.82) is 0 Å². The number of amides is 1. The number of nitrogens with one attached hydrogen (secondary N) is 1. The molecular formula is C18H20FN5O2S. The van der Waals surface area contributed by atoms with Gasteiger partial charge in [0.1, 0.15) is 17.6 Å². The van der Waals surface area contributed by atoms with E-state index in [0.717, 1.165) is 15.8 Å². The first-order valence-corrected chi connectivity index (χ1v) is 9.46. The lowest BCUT2D eigenvalue weighted by Crippen LogP contribution is -2.30. The summed E-state index contributed by atoms with van der Waals surface area (Å²) in [6.07, 6.45) is 0.677. The number of carbonyl (C=O) groups is 1. The summed E-state index contributed by atoms with van der Waals surface area (Å²) in [4.78, 5) is 17.3. The highest BCUT2D eigenvalue weighted by molar-refractivity contribution is 7.22. The predicted molar refractivity (Wildman–Crippen MR) is 102 cm³/mol. The van der Waals surface area contributed by atoms with Crippen molar-refractivity contribution in [3.05, 3.63) is 29.5 Å². The van der Waals surface area contributed by atoms with Gasteiger partial charge in [-0.2, -0.15) is 4.98 Å². The van der Waals surface area contributed by atoms with Gasteiger partial charge in [0.05, 0.1) is 23.5 Å². The van der Waals surface area contributed by atoms with Gasteiger partial charge in [-0.3, -0.25) is 4.79 Å². The first kappa shape index (κ1) is 17.7. The zero-order valence-corrected chi connectivity index (χ0v) is 16.0. The summed E-state index contributed by atoms with van der Waals surface area (Å²) in [6.45, 7) is 5.71. The molecule has 0 unspecified atom stereocenters. The first-order valence-electron chi connectivity index (χ1n) is 8.64. The maximum atomic E-state index is 14.1. The topological polar surface area (TPSA) is 83.3 Å². The van der Waals surface area contributed by atoms with Gasteiger partial charge < -0.3 is 15.3 Å². The predicted octanol–water partition coefficient (Wildman–Crippen LogP) is 2.79. The van der Waals surface area contributed by atoms with Crippen LogP contribution >= 0.6 is 11.3 Å². The van der Waals surface area contributed by atoms with Crippen LogP contribution in [-0.4, -0.2) is 56.0 Å². The molecule has 4 rings (SSSR count). The smallest absolute Gasteiger partial charge is 0.219 e. The third kappa shape index (κ3) is 3.23. The molecule has 2 N–H and O–H groups in total. The molecule has 27 heavy (non-hydrogen) atoms. The molecule has 1 fully saturated rings. The summed E-state index contributed by atoms with van der Waals surface area (Å²) in [6, 6.07) is 3.20. The molecule has 7 nitrogen and oxygen atoms in total. The monoisotopic (exact) mass is 389 g/mol. The molecule has 1 aliphatic heterocycles. The number of phenols is 1. The highest BCUT2D eigenvalue weighted by atomic mass is 32.1. The van der Waals surface area contributed by atoms with E-state index in [9.17, 15) is 14.3 Å². The number of benzene rings is 1. The largest absolute Gasteiger partial charge is 0.506 e. The summed E-state index contributed by atoms with van der Waals surface area (Å²) in [7, 11) is 0. The number of hydrogen-bond acceptors (Lipinski definition) is 6. The van der Waals surface area contributed by atoms with Crippen LogP contribution in [0.5, 0.6) is 5.75 Å². The number of anilines is 1. The summed E-state index contributed by atoms with van der Waals surface area (Å²) in [5, 5.41) is 18.4. The lowest BCUT2D eigenvalue weighted by molar-refractivity contribution is -0.128. The van der Waals surface area contributed by atoms with E-state index in [0.29, 0.717) is 23.0 Å². The highest BCUT2D eigenvalue weighted by Gasteiger charge is 2.34. The average Bonchev–Trinajstić information content (AvgIpc) is 3.20. The maximum absolute atomic E-state index is 14.1. The molecule has 0 spiro atoms. The van der Waals surface area contributed by atoms with Crippen LogP contribution in [0.25, 0.3) is 16.0 Å². The number of carbonyl (C=O) groups excluding carboxylic acids is 1. The number of likely N-dealkylation sites (tertiary alicyclic amines) is 1. The van der Waals surface area contributed by atoms with E-state index in [1.165, 1.54) is 23.2 Å². The van der Waals surface area contributed by atoms with E-state index in [1.54, 1.807) is 16.9 Å². The molecule has 1 aromatic carbocycles. The fourth-order valence-corrected chi connectivity index (χ4v) is 4.33. The quantitative estimate of drug-likeness (QED) is 0.720. The van der Waals surface area contributed by atoms with Crippen molar-refractivity contribution in [2.24, 2.45) is 0 Å². The Balaban J connectivity index is 1.57. The minimum absolute atomic E-state index is 0.106. The molecule has 0 saturated carbocycles. The molecule has 0 bridgehead atoms. The fourth-order valence-electron chi connectivity index (χ4n) is 3.45. The van der Waals surface area contributed by atoms with Gasteiger partial charge in [-0.05, 0) is 31.0 Å². The van der Waals surface area contributed by atoms with Gasteiger partial charge in [0.15, 0.2) is 10.8 Å². The van der Waals surface area contributed by atoms with E-state index in [1.807, 2.05) is 19.9 Å². The number of rotatable bonds is 3. The molecule has 1 aliphatic rings. The minimum atomic E-state index is -1.13. The first-order chi connectivity index (χ1) is 12.8. The van der Waals surface area contributed by atoms with Crippen molar-refractivity contribution >= 4 is 32.7 Å². The molecule has 1 amide bonds. The standard InChI is InChI=1S/C18H20FN5O2S/c1-9-4-10(2)16(14(26)5-9)24-8-15-17(22-24)21-18(27-15)20-13-7-23(11(3)25)6-12(13)19/h4-5,8,12-13,26H,6-7H2,1-3H3,(H,20,21,22)/t12-,13-/m0/s1. The SMILES string of the molecule is CC(=O)N1C[C@H](Nc2nc3nn(-c4c(C)cc(C)cc4O)cc3s2)[C@@H](F)C1. The highest BCUT2D eigenvalue weighted by Crippen LogP contribution is 2.31. The number of aromatic hydroxyl groups is 1. The molecule has 142 valence electrons. The summed E-state index contributed by atoms with van der Waals surface area (Å²) >= 11 is 1.37. The van der Waals surface area contributed by atoms with Gasteiger partial charge in [-0.1, -0.05) is 17.4 Å². The number of aromatic nitrogens is 3. The van der Waals surface area contributed by atoms with E-state index >= 15 is 0 Å². The number of alkyl halides is 1. The van der Waals surface area contributed by atoms with Gasteiger partial charge in [0, 0.05) is 13.5 Å². The Morgan fingerprint density at radius 2 is 2.15 bits per heavy atom. The van der Waals surface area contributed by atoms with Crippen molar-refractivity contribution in [1.82, 2.24) is 19.7 Å². The Morgan fingerprint density at radius 3 is 2.78 bits per heavy atom. The molecule has 2 aromatic heterocycles. The third-order valence-electron chi connectivity index (χ3n) is 4.73. The van der Waals surface area contributed by atoms with Crippen LogP contribution in [-0.2, 0) is 4.79 Å². The molecule has 9 heteroatoms. The molecule has 3 heterocycles. The number of nitrogens with zero attached hydrogens (tertiary/aromatic N) is 4. The normalized spacial score (nSPS) is 19.8. The summed E-state index contributed by atoms with van der Waals surface area (Å²) in [5.41, 5.74) is 3.04. The van der Waals surface area contributed by atoms with Crippen LogP contribution in [0, 0.1) is 13.8 Å². The second-order valence-corrected chi connectivity index (χ2v) is 7.95. The van der Waals surface area contributed by atoms with E-state index in [-0.39, 0.29) is 18.2 Å². The number of phenolic OH excluding ortho intramolecular Hbond substituents is 1. The Bertz CT molecular complexity index is 976. The van der Waals surface area contributed by atoms with Crippen LogP contribution in [0.4, 0.5) is 9.52 Å². The van der Waals surface area contributed by atoms with Crippen LogP contribution in [0.1, 0.15) is 18.1 Å². The van der Waals surface area contributed by atoms with E-state index in [4.69, 9.17) is 0 Å². The van der Waals surface area contributed by atoms with Gasteiger partial charge in [-0.25, -0.2) is 9.07 Å². The maximum Gasteiger partial charge on any atom is 0.219 e. The average molecular weight is 389 g/mol. The van der Waals surface area contributed by atoms with Crippen LogP contribution in [0.15, 0.2) is 18.3 Å². The molecule has 1 saturated heterocycles. The number of hydrogen-bond donors (Lipinski definition) is 2. The molecule has 3 aromatic rings. The Morgan fingerprint density at radius 1 is 1.37 bits per heavy atom. The van der Waals surface area contributed by atoms with Gasteiger partial charge in [0.25, 0.3) is 0 Å². The Kier molecular flexibility index (Phi) is 4.26. The van der Waals surface area contributed by atoms with Crippen LogP contribution in [0.3, 0.4) is 0 Å². The third-order valence-corrected chi connectivity index (χ3v) is 5.64. The Hall–Kier alpha value is -2.68. The number of halogens is 1.